The van der Waals surface area contributed by atoms with Crippen molar-refractivity contribution in [2.45, 2.75) is 23.8 Å². The van der Waals surface area contributed by atoms with Gasteiger partial charge in [0.15, 0.2) is 9.84 Å². The molecule has 1 saturated heterocycles. The first-order valence-electron chi connectivity index (χ1n) is 6.21. The molecule has 0 radical (unpaired) electrons. The van der Waals surface area contributed by atoms with Crippen LogP contribution in [0.15, 0.2) is 29.2 Å². The molecule has 2 rings (SSSR count). The molecule has 0 spiro atoms. The van der Waals surface area contributed by atoms with Crippen LogP contribution >= 0.6 is 0 Å². The van der Waals surface area contributed by atoms with Gasteiger partial charge in [0.2, 0.25) is 0 Å². The lowest BCUT2D eigenvalue weighted by atomic mass is 10.2. The molecule has 0 aromatic heterocycles. The number of anilines is 1. The Morgan fingerprint density at radius 2 is 2.00 bits per heavy atom. The lowest BCUT2D eigenvalue weighted by molar-refractivity contribution is 0.598. The molecule has 0 amide bonds. The summed E-state index contributed by atoms with van der Waals surface area (Å²) in [5, 5.41) is 3.46. The van der Waals surface area contributed by atoms with E-state index in [0.29, 0.717) is 10.9 Å². The van der Waals surface area contributed by atoms with Crippen molar-refractivity contribution >= 4 is 15.5 Å². The van der Waals surface area contributed by atoms with Crippen LogP contribution in [0.3, 0.4) is 0 Å². The van der Waals surface area contributed by atoms with Gasteiger partial charge >= 0.3 is 0 Å². The first-order valence-corrected chi connectivity index (χ1v) is 8.10. The Labute approximate surface area is 109 Å². The Hall–Kier alpha value is -1.07. The minimum absolute atomic E-state index is 0.374. The van der Waals surface area contributed by atoms with Crippen LogP contribution in [0.5, 0.6) is 0 Å². The van der Waals surface area contributed by atoms with Gasteiger partial charge in [-0.1, -0.05) is 0 Å². The zero-order valence-electron chi connectivity index (χ0n) is 10.9. The quantitative estimate of drug-likeness (QED) is 0.893. The third kappa shape index (κ3) is 3.23. The fourth-order valence-electron chi connectivity index (χ4n) is 2.30. The highest BCUT2D eigenvalue weighted by Crippen LogP contribution is 2.18. The smallest absolute Gasteiger partial charge is 0.175 e. The van der Waals surface area contributed by atoms with Gasteiger partial charge in [-0.25, -0.2) is 8.42 Å². The molecule has 1 unspecified atom stereocenters. The second-order valence-corrected chi connectivity index (χ2v) is 6.96. The highest BCUT2D eigenvalue weighted by atomic mass is 32.2. The molecule has 5 heteroatoms. The summed E-state index contributed by atoms with van der Waals surface area (Å²) in [4.78, 5) is 2.54. The summed E-state index contributed by atoms with van der Waals surface area (Å²) in [6.45, 7) is 2.06. The molecule has 1 aliphatic heterocycles. The van der Waals surface area contributed by atoms with E-state index >= 15 is 0 Å². The van der Waals surface area contributed by atoms with Gasteiger partial charge in [0.25, 0.3) is 0 Å². The van der Waals surface area contributed by atoms with E-state index in [-0.39, 0.29) is 0 Å². The maximum atomic E-state index is 11.4. The van der Waals surface area contributed by atoms with Crippen molar-refractivity contribution in [2.75, 3.05) is 31.3 Å². The van der Waals surface area contributed by atoms with E-state index in [4.69, 9.17) is 0 Å². The van der Waals surface area contributed by atoms with Gasteiger partial charge in [-0.2, -0.15) is 0 Å². The van der Waals surface area contributed by atoms with Gasteiger partial charge in [0, 0.05) is 31.6 Å². The molecular formula is C13H20N2O2S. The Balaban J connectivity index is 2.04. The summed E-state index contributed by atoms with van der Waals surface area (Å²) < 4.78 is 22.7. The summed E-state index contributed by atoms with van der Waals surface area (Å²) in [5.74, 6) is 0. The molecule has 0 aliphatic carbocycles. The highest BCUT2D eigenvalue weighted by molar-refractivity contribution is 7.90. The van der Waals surface area contributed by atoms with Crippen LogP contribution in [-0.4, -0.2) is 40.9 Å². The van der Waals surface area contributed by atoms with Crippen molar-refractivity contribution in [3.05, 3.63) is 24.3 Å². The average molecular weight is 268 g/mol. The summed E-state index contributed by atoms with van der Waals surface area (Å²) >= 11 is 0. The van der Waals surface area contributed by atoms with E-state index in [1.807, 2.05) is 19.2 Å². The molecule has 1 aromatic carbocycles. The predicted molar refractivity (Wildman–Crippen MR) is 73.8 cm³/mol. The Kier molecular flexibility index (Phi) is 3.92. The maximum Gasteiger partial charge on any atom is 0.175 e. The van der Waals surface area contributed by atoms with Gasteiger partial charge in [-0.05, 0) is 43.7 Å². The molecule has 100 valence electrons. The largest absolute Gasteiger partial charge is 0.373 e. The fraction of sp³-hybridized carbons (Fsp3) is 0.538. The summed E-state index contributed by atoms with van der Waals surface area (Å²) in [6.07, 6.45) is 3.69. The SMILES string of the molecule is CN(CC1CCCN1)c1ccc(S(C)(=O)=O)cc1. The molecule has 4 nitrogen and oxygen atoms in total. The van der Waals surface area contributed by atoms with Crippen LogP contribution in [0.25, 0.3) is 0 Å². The van der Waals surface area contributed by atoms with Crippen LogP contribution in [0.1, 0.15) is 12.8 Å². The average Bonchev–Trinajstić information content (AvgIpc) is 2.81. The predicted octanol–water partition coefficient (Wildman–Crippen LogP) is 1.28. The van der Waals surface area contributed by atoms with Gasteiger partial charge in [0.1, 0.15) is 0 Å². The van der Waals surface area contributed by atoms with Crippen LogP contribution in [0, 0.1) is 0 Å². The molecular weight excluding hydrogens is 248 g/mol. The second kappa shape index (κ2) is 5.28. The maximum absolute atomic E-state index is 11.4. The number of rotatable bonds is 4. The number of benzene rings is 1. The molecule has 1 atom stereocenters. The van der Waals surface area contributed by atoms with E-state index in [1.54, 1.807) is 12.1 Å². The Morgan fingerprint density at radius 1 is 1.33 bits per heavy atom. The third-order valence-corrected chi connectivity index (χ3v) is 4.49. The van der Waals surface area contributed by atoms with Gasteiger partial charge in [0.05, 0.1) is 4.90 Å². The van der Waals surface area contributed by atoms with E-state index in [9.17, 15) is 8.42 Å². The molecule has 0 saturated carbocycles. The highest BCUT2D eigenvalue weighted by Gasteiger charge is 2.16. The molecule has 1 heterocycles. The number of likely N-dealkylation sites (N-methyl/N-ethyl adjacent to an activating group) is 1. The van der Waals surface area contributed by atoms with Crippen molar-refractivity contribution in [3.63, 3.8) is 0 Å². The van der Waals surface area contributed by atoms with Gasteiger partial charge in [-0.15, -0.1) is 0 Å². The monoisotopic (exact) mass is 268 g/mol. The molecule has 18 heavy (non-hydrogen) atoms. The number of nitrogens with one attached hydrogen (secondary N) is 1. The van der Waals surface area contributed by atoms with Crippen LogP contribution < -0.4 is 10.2 Å². The third-order valence-electron chi connectivity index (χ3n) is 3.36. The number of nitrogens with zero attached hydrogens (tertiary/aromatic N) is 1. The zero-order chi connectivity index (χ0) is 13.2. The standard InChI is InChI=1S/C13H20N2O2S/c1-15(10-11-4-3-9-14-11)12-5-7-13(8-6-12)18(2,16)17/h5-8,11,14H,3-4,9-10H2,1-2H3. The second-order valence-electron chi connectivity index (χ2n) is 4.94. The summed E-state index contributed by atoms with van der Waals surface area (Å²) in [6, 6.07) is 7.62. The minimum Gasteiger partial charge on any atom is -0.373 e. The van der Waals surface area contributed by atoms with Crippen LogP contribution in [0.4, 0.5) is 5.69 Å². The fourth-order valence-corrected chi connectivity index (χ4v) is 2.93. The van der Waals surface area contributed by atoms with Gasteiger partial charge in [-0.3, -0.25) is 0 Å². The first kappa shape index (κ1) is 13.4. The number of hydrogen-bond acceptors (Lipinski definition) is 4. The Bertz CT molecular complexity index is 490. The normalized spacial score (nSPS) is 20.0. The molecule has 1 N–H and O–H groups in total. The molecule has 0 bridgehead atoms. The number of hydrogen-bond donors (Lipinski definition) is 1. The van der Waals surface area contributed by atoms with E-state index in [2.05, 4.69) is 10.2 Å². The van der Waals surface area contributed by atoms with Crippen molar-refractivity contribution in [3.8, 4) is 0 Å². The summed E-state index contributed by atoms with van der Waals surface area (Å²) in [5.41, 5.74) is 1.05. The van der Waals surface area contributed by atoms with Crippen molar-refractivity contribution in [2.24, 2.45) is 0 Å². The Morgan fingerprint density at radius 3 is 2.50 bits per heavy atom. The van der Waals surface area contributed by atoms with Crippen LogP contribution in [-0.2, 0) is 9.84 Å². The van der Waals surface area contributed by atoms with E-state index in [0.717, 1.165) is 18.8 Å². The molecule has 1 aromatic rings. The van der Waals surface area contributed by atoms with E-state index < -0.39 is 9.84 Å². The first-order chi connectivity index (χ1) is 8.47. The van der Waals surface area contributed by atoms with E-state index in [1.165, 1.54) is 19.1 Å². The van der Waals surface area contributed by atoms with Crippen LogP contribution in [0.2, 0.25) is 0 Å². The lowest BCUT2D eigenvalue weighted by Crippen LogP contribution is -2.35. The van der Waals surface area contributed by atoms with Crippen molar-refractivity contribution in [1.29, 1.82) is 0 Å². The minimum atomic E-state index is -3.10. The molecule has 1 aliphatic rings. The summed E-state index contributed by atoms with van der Waals surface area (Å²) in [7, 11) is -1.06. The van der Waals surface area contributed by atoms with Gasteiger partial charge < -0.3 is 10.2 Å². The number of sulfone groups is 1. The van der Waals surface area contributed by atoms with Crippen molar-refractivity contribution in [1.82, 2.24) is 5.32 Å². The molecule has 1 fully saturated rings. The lowest BCUT2D eigenvalue weighted by Gasteiger charge is -2.23. The van der Waals surface area contributed by atoms with Crippen molar-refractivity contribution < 1.29 is 8.42 Å². The zero-order valence-corrected chi connectivity index (χ0v) is 11.7. The topological polar surface area (TPSA) is 49.4 Å².